The van der Waals surface area contributed by atoms with Crippen LogP contribution in [0.25, 0.3) is 0 Å². The van der Waals surface area contributed by atoms with E-state index in [9.17, 15) is 0 Å². The van der Waals surface area contributed by atoms with Gasteiger partial charge in [0.05, 0.1) is 0 Å². The van der Waals surface area contributed by atoms with Crippen molar-refractivity contribution >= 4 is 29.9 Å². The quantitative estimate of drug-likeness (QED) is 0.453. The van der Waals surface area contributed by atoms with Crippen LogP contribution in [0.15, 0.2) is 29.3 Å². The Morgan fingerprint density at radius 3 is 2.78 bits per heavy atom. The second-order valence-electron chi connectivity index (χ2n) is 6.48. The van der Waals surface area contributed by atoms with Crippen LogP contribution >= 0.6 is 24.0 Å². The fourth-order valence-electron chi connectivity index (χ4n) is 3.18. The van der Waals surface area contributed by atoms with Gasteiger partial charge in [0, 0.05) is 33.7 Å². The highest BCUT2D eigenvalue weighted by atomic mass is 127. The molecule has 1 atom stereocenters. The van der Waals surface area contributed by atoms with Gasteiger partial charge < -0.3 is 15.1 Å². The Morgan fingerprint density at radius 2 is 2.13 bits per heavy atom. The summed E-state index contributed by atoms with van der Waals surface area (Å²) in [6, 6.07) is 8.54. The zero-order valence-electron chi connectivity index (χ0n) is 14.9. The van der Waals surface area contributed by atoms with E-state index in [-0.39, 0.29) is 24.0 Å². The molecule has 23 heavy (non-hydrogen) atoms. The van der Waals surface area contributed by atoms with Gasteiger partial charge in [0.15, 0.2) is 5.96 Å². The maximum absolute atomic E-state index is 4.44. The Hall–Kier alpha value is -0.820. The lowest BCUT2D eigenvalue weighted by Crippen LogP contribution is -2.44. The van der Waals surface area contributed by atoms with Crippen LogP contribution in [0, 0.1) is 12.8 Å². The summed E-state index contributed by atoms with van der Waals surface area (Å²) >= 11 is 0. The fraction of sp³-hybridized carbons (Fsp3) is 0.611. The number of rotatable bonds is 4. The summed E-state index contributed by atoms with van der Waals surface area (Å²) in [5.74, 6) is 1.71. The van der Waals surface area contributed by atoms with Gasteiger partial charge in [0.25, 0.3) is 0 Å². The molecule has 0 amide bonds. The average Bonchev–Trinajstić information content (AvgIpc) is 2.50. The molecule has 0 spiro atoms. The van der Waals surface area contributed by atoms with Crippen LogP contribution in [0.4, 0.5) is 0 Å². The second kappa shape index (κ2) is 10.1. The Labute approximate surface area is 158 Å². The number of benzene rings is 1. The molecule has 0 radical (unpaired) electrons. The first-order chi connectivity index (χ1) is 10.6. The summed E-state index contributed by atoms with van der Waals surface area (Å²) in [6.07, 6.45) is 2.62. The summed E-state index contributed by atoms with van der Waals surface area (Å²) in [7, 11) is 6.18. The Morgan fingerprint density at radius 1 is 1.39 bits per heavy atom. The van der Waals surface area contributed by atoms with E-state index in [2.05, 4.69) is 65.4 Å². The number of piperidine rings is 1. The predicted molar refractivity (Wildman–Crippen MR) is 110 cm³/mol. The van der Waals surface area contributed by atoms with Gasteiger partial charge >= 0.3 is 0 Å². The van der Waals surface area contributed by atoms with E-state index in [1.54, 1.807) is 0 Å². The van der Waals surface area contributed by atoms with E-state index in [1.165, 1.54) is 37.1 Å². The first-order valence-electron chi connectivity index (χ1n) is 8.25. The van der Waals surface area contributed by atoms with Crippen molar-refractivity contribution in [2.45, 2.75) is 26.3 Å². The molecule has 1 aromatic rings. The maximum Gasteiger partial charge on any atom is 0.193 e. The van der Waals surface area contributed by atoms with Gasteiger partial charge in [0.2, 0.25) is 0 Å². The molecule has 1 aromatic carbocycles. The molecule has 1 aliphatic heterocycles. The summed E-state index contributed by atoms with van der Waals surface area (Å²) in [5, 5.41) is 3.55. The molecule has 2 rings (SSSR count). The molecule has 1 unspecified atom stereocenters. The number of guanidine groups is 1. The number of aliphatic imine (C=N–C) groups is 1. The number of hydrogen-bond acceptors (Lipinski definition) is 2. The van der Waals surface area contributed by atoms with Crippen LogP contribution in [0.3, 0.4) is 0 Å². The maximum atomic E-state index is 4.44. The molecular weight excluding hydrogens is 399 g/mol. The van der Waals surface area contributed by atoms with E-state index in [0.29, 0.717) is 0 Å². The fourth-order valence-corrected chi connectivity index (χ4v) is 3.18. The molecule has 1 aliphatic rings. The number of likely N-dealkylation sites (tertiary alicyclic amines) is 1. The molecule has 130 valence electrons. The normalized spacial score (nSPS) is 19.1. The highest BCUT2D eigenvalue weighted by molar-refractivity contribution is 14.0. The van der Waals surface area contributed by atoms with E-state index < -0.39 is 0 Å². The SMILES string of the molecule is CN=C(NCC1CCCN(C)C1)N(C)Cc1ccccc1C.I. The average molecular weight is 430 g/mol. The van der Waals surface area contributed by atoms with Crippen molar-refractivity contribution in [1.82, 2.24) is 15.1 Å². The monoisotopic (exact) mass is 430 g/mol. The lowest BCUT2D eigenvalue weighted by Gasteiger charge is -2.31. The number of nitrogens with zero attached hydrogens (tertiary/aromatic N) is 3. The van der Waals surface area contributed by atoms with Gasteiger partial charge in [-0.25, -0.2) is 0 Å². The standard InChI is InChI=1S/C18H30N4.HI/c1-15-8-5-6-10-17(15)14-22(4)18(19-2)20-12-16-9-7-11-21(3)13-16;/h5-6,8,10,16H,7,9,11-14H2,1-4H3,(H,19,20);1H. The number of aryl methyl sites for hydroxylation is 1. The zero-order valence-corrected chi connectivity index (χ0v) is 17.2. The van der Waals surface area contributed by atoms with Gasteiger partial charge in [-0.15, -0.1) is 24.0 Å². The van der Waals surface area contributed by atoms with Crippen molar-refractivity contribution < 1.29 is 0 Å². The second-order valence-corrected chi connectivity index (χ2v) is 6.48. The molecule has 1 heterocycles. The van der Waals surface area contributed by atoms with Gasteiger partial charge in [-0.05, 0) is 50.4 Å². The minimum atomic E-state index is 0. The first-order valence-corrected chi connectivity index (χ1v) is 8.25. The van der Waals surface area contributed by atoms with E-state index >= 15 is 0 Å². The van der Waals surface area contributed by atoms with Gasteiger partial charge in [-0.3, -0.25) is 4.99 Å². The van der Waals surface area contributed by atoms with Crippen molar-refractivity contribution in [3.63, 3.8) is 0 Å². The lowest BCUT2D eigenvalue weighted by atomic mass is 9.98. The van der Waals surface area contributed by atoms with E-state index in [1.807, 2.05) is 7.05 Å². The topological polar surface area (TPSA) is 30.9 Å². The summed E-state index contributed by atoms with van der Waals surface area (Å²) in [4.78, 5) is 9.06. The summed E-state index contributed by atoms with van der Waals surface area (Å²) in [5.41, 5.74) is 2.68. The number of nitrogens with one attached hydrogen (secondary N) is 1. The molecule has 0 saturated carbocycles. The van der Waals surface area contributed by atoms with E-state index in [0.717, 1.165) is 25.0 Å². The molecule has 1 saturated heterocycles. The third-order valence-electron chi connectivity index (χ3n) is 4.51. The Bertz CT molecular complexity index is 504. The van der Waals surface area contributed by atoms with Crippen molar-refractivity contribution in [2.24, 2.45) is 10.9 Å². The van der Waals surface area contributed by atoms with Crippen LogP contribution in [0.2, 0.25) is 0 Å². The Kier molecular flexibility index (Phi) is 8.91. The molecule has 0 aliphatic carbocycles. The largest absolute Gasteiger partial charge is 0.356 e. The van der Waals surface area contributed by atoms with Crippen molar-refractivity contribution in [3.8, 4) is 0 Å². The summed E-state index contributed by atoms with van der Waals surface area (Å²) < 4.78 is 0. The minimum Gasteiger partial charge on any atom is -0.356 e. The first kappa shape index (κ1) is 20.2. The van der Waals surface area contributed by atoms with Crippen LogP contribution in [0.5, 0.6) is 0 Å². The highest BCUT2D eigenvalue weighted by Gasteiger charge is 2.18. The third-order valence-corrected chi connectivity index (χ3v) is 4.51. The van der Waals surface area contributed by atoms with Crippen molar-refractivity contribution in [3.05, 3.63) is 35.4 Å². The third kappa shape index (κ3) is 6.30. The Balaban J connectivity index is 0.00000264. The smallest absolute Gasteiger partial charge is 0.193 e. The highest BCUT2D eigenvalue weighted by Crippen LogP contribution is 2.14. The van der Waals surface area contributed by atoms with Gasteiger partial charge in [-0.1, -0.05) is 24.3 Å². The number of hydrogen-bond donors (Lipinski definition) is 1. The molecule has 0 aromatic heterocycles. The molecule has 1 fully saturated rings. The van der Waals surface area contributed by atoms with Crippen LogP contribution < -0.4 is 5.32 Å². The molecule has 0 bridgehead atoms. The van der Waals surface area contributed by atoms with Crippen LogP contribution in [-0.4, -0.2) is 56.5 Å². The minimum absolute atomic E-state index is 0. The predicted octanol–water partition coefficient (Wildman–Crippen LogP) is 2.96. The van der Waals surface area contributed by atoms with Crippen LogP contribution in [0.1, 0.15) is 24.0 Å². The molecule has 5 heteroatoms. The van der Waals surface area contributed by atoms with E-state index in [4.69, 9.17) is 0 Å². The van der Waals surface area contributed by atoms with Crippen molar-refractivity contribution in [2.75, 3.05) is 40.8 Å². The zero-order chi connectivity index (χ0) is 15.9. The molecule has 1 N–H and O–H groups in total. The van der Waals surface area contributed by atoms with Crippen molar-refractivity contribution in [1.29, 1.82) is 0 Å². The molecule has 4 nitrogen and oxygen atoms in total. The number of halogens is 1. The summed E-state index contributed by atoms with van der Waals surface area (Å²) in [6.45, 7) is 6.48. The van der Waals surface area contributed by atoms with Gasteiger partial charge in [0.1, 0.15) is 0 Å². The van der Waals surface area contributed by atoms with Gasteiger partial charge in [-0.2, -0.15) is 0 Å². The lowest BCUT2D eigenvalue weighted by molar-refractivity contribution is 0.209. The van der Waals surface area contributed by atoms with Crippen LogP contribution in [-0.2, 0) is 6.54 Å². The molecular formula is C18H31IN4.